The number of aryl methyl sites for hydroxylation is 1. The number of hydrogen-bond acceptors (Lipinski definition) is 6. The van der Waals surface area contributed by atoms with E-state index >= 15 is 0 Å². The number of para-hydroxylation sites is 1. The number of halogens is 1. The van der Waals surface area contributed by atoms with Crippen LogP contribution in [0.2, 0.25) is 5.02 Å². The lowest BCUT2D eigenvalue weighted by atomic mass is 10.2. The molecule has 0 saturated carbocycles. The monoisotopic (exact) mass is 525 g/mol. The maximum Gasteiger partial charge on any atom is 0.292 e. The average Bonchev–Trinajstić information content (AvgIpc) is 3.52. The van der Waals surface area contributed by atoms with Crippen LogP contribution in [0, 0.1) is 6.92 Å². The average molecular weight is 526 g/mol. The van der Waals surface area contributed by atoms with Gasteiger partial charge in [-0.05, 0) is 43.3 Å². The Morgan fingerprint density at radius 2 is 1.59 bits per heavy atom. The van der Waals surface area contributed by atoms with Crippen molar-refractivity contribution in [1.82, 2.24) is 34.7 Å². The first kappa shape index (κ1) is 23.2. The number of benzene rings is 3. The van der Waals surface area contributed by atoms with Crippen molar-refractivity contribution >= 4 is 34.3 Å². The minimum atomic E-state index is -0.335. The smallest absolute Gasteiger partial charge is 0.270 e. The first-order chi connectivity index (χ1) is 18.1. The number of aromatic nitrogens is 7. The van der Waals surface area contributed by atoms with Gasteiger partial charge in [-0.2, -0.15) is 10.2 Å². The van der Waals surface area contributed by atoms with Gasteiger partial charge in [-0.3, -0.25) is 9.36 Å². The fourth-order valence-electron chi connectivity index (χ4n) is 4.25. The van der Waals surface area contributed by atoms with Gasteiger partial charge in [0.1, 0.15) is 0 Å². The van der Waals surface area contributed by atoms with Gasteiger partial charge in [0.05, 0.1) is 22.5 Å². The first-order valence-electron chi connectivity index (χ1n) is 11.5. The van der Waals surface area contributed by atoms with Gasteiger partial charge in [-0.25, -0.2) is 9.78 Å². The second-order valence-corrected chi connectivity index (χ2v) is 9.71. The molecule has 0 saturated heterocycles. The third-order valence-electron chi connectivity index (χ3n) is 6.00. The van der Waals surface area contributed by atoms with Crippen LogP contribution in [0.1, 0.15) is 11.4 Å². The standard InChI is InChI=1S/C27H20ClN7OS/c1-17-23-22(29-31-26(36)24(23)33-35(17)21-14-12-19(28)13-15-21)16-37-27-32-30-25(18-8-4-2-5-9-18)34(27)20-10-6-3-7-11-20/h2-15H,16H2,1H3,(H,31,36). The zero-order chi connectivity index (χ0) is 25.4. The molecule has 8 nitrogen and oxygen atoms in total. The Hall–Kier alpha value is -4.21. The third-order valence-corrected chi connectivity index (χ3v) is 7.19. The molecule has 0 aliphatic carbocycles. The molecule has 0 fully saturated rings. The Morgan fingerprint density at radius 1 is 0.892 bits per heavy atom. The Balaban J connectivity index is 1.41. The largest absolute Gasteiger partial charge is 0.292 e. The van der Waals surface area contributed by atoms with Gasteiger partial charge < -0.3 is 0 Å². The summed E-state index contributed by atoms with van der Waals surface area (Å²) in [5, 5.41) is 22.6. The second kappa shape index (κ2) is 9.68. The van der Waals surface area contributed by atoms with Crippen LogP contribution in [0.3, 0.4) is 0 Å². The van der Waals surface area contributed by atoms with Crippen LogP contribution >= 0.6 is 23.4 Å². The number of nitrogens with zero attached hydrogens (tertiary/aromatic N) is 6. The predicted molar refractivity (Wildman–Crippen MR) is 146 cm³/mol. The Kier molecular flexibility index (Phi) is 6.07. The molecular weight excluding hydrogens is 506 g/mol. The molecule has 0 amide bonds. The molecule has 182 valence electrons. The van der Waals surface area contributed by atoms with E-state index in [-0.39, 0.29) is 5.56 Å². The van der Waals surface area contributed by atoms with Crippen molar-refractivity contribution in [1.29, 1.82) is 0 Å². The number of thioether (sulfide) groups is 1. The van der Waals surface area contributed by atoms with Crippen molar-refractivity contribution in [2.75, 3.05) is 0 Å². The molecule has 0 radical (unpaired) electrons. The lowest BCUT2D eigenvalue weighted by molar-refractivity contribution is 0.858. The molecular formula is C27H20ClN7OS. The van der Waals surface area contributed by atoms with Gasteiger partial charge in [0, 0.05) is 22.0 Å². The SMILES string of the molecule is Cc1c2c(CSc3nnc(-c4ccccc4)n3-c3ccccc3)n[nH]c(=O)c2nn1-c1ccc(Cl)cc1. The summed E-state index contributed by atoms with van der Waals surface area (Å²) in [6.07, 6.45) is 0. The zero-order valence-corrected chi connectivity index (χ0v) is 21.2. The number of H-pyrrole nitrogens is 1. The van der Waals surface area contributed by atoms with Crippen LogP contribution in [-0.2, 0) is 5.75 Å². The van der Waals surface area contributed by atoms with Crippen molar-refractivity contribution in [3.8, 4) is 22.8 Å². The van der Waals surface area contributed by atoms with Gasteiger partial charge in [-0.15, -0.1) is 10.2 Å². The van der Waals surface area contributed by atoms with Crippen LogP contribution in [0.4, 0.5) is 0 Å². The topological polar surface area (TPSA) is 94.3 Å². The Morgan fingerprint density at radius 3 is 2.32 bits per heavy atom. The lowest BCUT2D eigenvalue weighted by Crippen LogP contribution is -2.11. The van der Waals surface area contributed by atoms with Gasteiger partial charge in [0.2, 0.25) is 0 Å². The summed E-state index contributed by atoms with van der Waals surface area (Å²) >= 11 is 7.55. The maximum absolute atomic E-state index is 12.6. The molecule has 0 spiro atoms. The highest BCUT2D eigenvalue weighted by molar-refractivity contribution is 7.98. The summed E-state index contributed by atoms with van der Waals surface area (Å²) in [5.41, 5.74) is 4.27. The summed E-state index contributed by atoms with van der Waals surface area (Å²) in [6.45, 7) is 1.93. The fourth-order valence-corrected chi connectivity index (χ4v) is 5.27. The molecule has 3 heterocycles. The summed E-state index contributed by atoms with van der Waals surface area (Å²) in [7, 11) is 0. The number of rotatable bonds is 6. The number of nitrogens with one attached hydrogen (secondary N) is 1. The van der Waals surface area contributed by atoms with Crippen LogP contribution in [0.25, 0.3) is 33.7 Å². The minimum absolute atomic E-state index is 0.335. The molecule has 1 N–H and O–H groups in total. The Labute approximate surface area is 221 Å². The van der Waals surface area contributed by atoms with Crippen molar-refractivity contribution in [2.24, 2.45) is 0 Å². The van der Waals surface area contributed by atoms with E-state index in [0.29, 0.717) is 27.1 Å². The lowest BCUT2D eigenvalue weighted by Gasteiger charge is -2.10. The van der Waals surface area contributed by atoms with E-state index in [1.54, 1.807) is 16.8 Å². The van der Waals surface area contributed by atoms with Crippen LogP contribution in [0.5, 0.6) is 0 Å². The van der Waals surface area contributed by atoms with E-state index < -0.39 is 0 Å². The second-order valence-electron chi connectivity index (χ2n) is 8.33. The Bertz CT molecular complexity index is 1760. The first-order valence-corrected chi connectivity index (χ1v) is 12.9. The van der Waals surface area contributed by atoms with Gasteiger partial charge in [0.15, 0.2) is 16.5 Å². The van der Waals surface area contributed by atoms with Crippen LogP contribution in [-0.4, -0.2) is 34.7 Å². The summed E-state index contributed by atoms with van der Waals surface area (Å²) in [6, 6.07) is 27.3. The summed E-state index contributed by atoms with van der Waals surface area (Å²) in [5.74, 6) is 1.21. The van der Waals surface area contributed by atoms with Gasteiger partial charge in [0.25, 0.3) is 5.56 Å². The maximum atomic E-state index is 12.6. The molecule has 0 bridgehead atoms. The van der Waals surface area contributed by atoms with Crippen molar-refractivity contribution in [2.45, 2.75) is 17.8 Å². The number of hydrogen-bond donors (Lipinski definition) is 1. The molecule has 6 aromatic rings. The minimum Gasteiger partial charge on any atom is -0.270 e. The van der Waals surface area contributed by atoms with E-state index in [4.69, 9.17) is 11.6 Å². The molecule has 6 rings (SSSR count). The van der Waals surface area contributed by atoms with Gasteiger partial charge in [-0.1, -0.05) is 71.9 Å². The summed E-state index contributed by atoms with van der Waals surface area (Å²) < 4.78 is 3.78. The molecule has 0 atom stereocenters. The fraction of sp³-hybridized carbons (Fsp3) is 0.0741. The van der Waals surface area contributed by atoms with Crippen LogP contribution in [0.15, 0.2) is 94.9 Å². The van der Waals surface area contributed by atoms with Gasteiger partial charge >= 0.3 is 0 Å². The normalized spacial score (nSPS) is 11.3. The van der Waals surface area contributed by atoms with Crippen molar-refractivity contribution in [3.05, 3.63) is 112 Å². The molecule has 3 aromatic heterocycles. The molecule has 0 aliphatic heterocycles. The van der Waals surface area contributed by atoms with E-state index in [2.05, 4.69) is 25.5 Å². The van der Waals surface area contributed by atoms with Crippen molar-refractivity contribution in [3.63, 3.8) is 0 Å². The highest BCUT2D eigenvalue weighted by Gasteiger charge is 2.20. The number of fused-ring (bicyclic) bond motifs is 1. The van der Waals surface area contributed by atoms with E-state index in [9.17, 15) is 4.79 Å². The number of aromatic amines is 1. The predicted octanol–water partition coefficient (Wildman–Crippen LogP) is 5.61. The quantitative estimate of drug-likeness (QED) is 0.284. The van der Waals surface area contributed by atoms with Crippen molar-refractivity contribution < 1.29 is 0 Å². The van der Waals surface area contributed by atoms with E-state index in [1.807, 2.05) is 84.3 Å². The molecule has 37 heavy (non-hydrogen) atoms. The highest BCUT2D eigenvalue weighted by atomic mass is 35.5. The molecule has 0 unspecified atom stereocenters. The molecule has 0 aliphatic rings. The highest BCUT2D eigenvalue weighted by Crippen LogP contribution is 2.31. The van der Waals surface area contributed by atoms with E-state index in [0.717, 1.165) is 33.8 Å². The third kappa shape index (κ3) is 4.32. The van der Waals surface area contributed by atoms with Crippen LogP contribution < -0.4 is 5.56 Å². The zero-order valence-electron chi connectivity index (χ0n) is 19.7. The van der Waals surface area contributed by atoms with E-state index in [1.165, 1.54) is 11.8 Å². The summed E-state index contributed by atoms with van der Waals surface area (Å²) in [4.78, 5) is 12.6. The molecule has 10 heteroatoms. The molecule has 3 aromatic carbocycles.